The van der Waals surface area contributed by atoms with Gasteiger partial charge in [0, 0.05) is 39.6 Å². The van der Waals surface area contributed by atoms with Crippen LogP contribution in [0, 0.1) is 0 Å². The van der Waals surface area contributed by atoms with E-state index in [9.17, 15) is 0 Å². The van der Waals surface area contributed by atoms with Crippen molar-refractivity contribution in [3.8, 4) is 0 Å². The highest BCUT2D eigenvalue weighted by Crippen LogP contribution is 2.31. The molecule has 1 fully saturated rings. The zero-order chi connectivity index (χ0) is 12.4. The van der Waals surface area contributed by atoms with Gasteiger partial charge < -0.3 is 4.90 Å². The lowest BCUT2D eigenvalue weighted by molar-refractivity contribution is 0.627. The molecule has 94 valence electrons. The average molecular weight is 335 g/mol. The van der Waals surface area contributed by atoms with Gasteiger partial charge in [0.2, 0.25) is 0 Å². The summed E-state index contributed by atoms with van der Waals surface area (Å²) >= 11 is 11.8. The molecule has 2 rings (SSSR count). The van der Waals surface area contributed by atoms with E-state index in [2.05, 4.69) is 64.6 Å². The van der Waals surface area contributed by atoms with Crippen molar-refractivity contribution in [2.75, 3.05) is 17.2 Å². The summed E-state index contributed by atoms with van der Waals surface area (Å²) < 4.78 is 0. The van der Waals surface area contributed by atoms with E-state index in [1.165, 1.54) is 11.4 Å². The molecule has 0 aliphatic carbocycles. The molecule has 1 nitrogen and oxygen atoms in total. The third kappa shape index (κ3) is 2.94. The van der Waals surface area contributed by atoms with Gasteiger partial charge in [0.25, 0.3) is 0 Å². The van der Waals surface area contributed by atoms with Gasteiger partial charge in [0.05, 0.1) is 0 Å². The number of benzene rings is 1. The third-order valence-corrected chi connectivity index (χ3v) is 5.69. The molecular formula is C13H17BrClNS. The average Bonchev–Trinajstić information content (AvgIpc) is 2.32. The second-order valence-electron chi connectivity index (χ2n) is 4.42. The van der Waals surface area contributed by atoms with E-state index in [1.54, 1.807) is 0 Å². The van der Waals surface area contributed by atoms with Crippen molar-refractivity contribution in [1.29, 1.82) is 0 Å². The number of nitrogens with zero attached hydrogens (tertiary/aromatic N) is 1. The van der Waals surface area contributed by atoms with Crippen molar-refractivity contribution < 1.29 is 0 Å². The summed E-state index contributed by atoms with van der Waals surface area (Å²) in [5.41, 5.74) is 2.40. The van der Waals surface area contributed by atoms with Crippen LogP contribution < -0.4 is 4.90 Å². The van der Waals surface area contributed by atoms with E-state index in [0.29, 0.717) is 11.3 Å². The van der Waals surface area contributed by atoms with Crippen molar-refractivity contribution in [2.24, 2.45) is 0 Å². The first-order valence-electron chi connectivity index (χ1n) is 5.86. The molecule has 0 amide bonds. The predicted octanol–water partition coefficient (Wildman–Crippen LogP) is 4.57. The lowest BCUT2D eigenvalue weighted by Crippen LogP contribution is -2.44. The van der Waals surface area contributed by atoms with Crippen LogP contribution in [0.5, 0.6) is 0 Å². The molecule has 1 heterocycles. The van der Waals surface area contributed by atoms with Crippen LogP contribution in [0.1, 0.15) is 19.4 Å². The zero-order valence-corrected chi connectivity index (χ0v) is 13.3. The van der Waals surface area contributed by atoms with Gasteiger partial charge >= 0.3 is 0 Å². The molecule has 1 aromatic carbocycles. The lowest BCUT2D eigenvalue weighted by atomic mass is 10.1. The number of rotatable bonds is 2. The molecule has 0 radical (unpaired) electrons. The Hall–Kier alpha value is 0.140. The molecule has 1 aliphatic rings. The second-order valence-corrected chi connectivity index (χ2v) is 6.87. The van der Waals surface area contributed by atoms with Gasteiger partial charge in [-0.15, -0.1) is 0 Å². The number of hydrogen-bond acceptors (Lipinski definition) is 2. The van der Waals surface area contributed by atoms with E-state index in [-0.39, 0.29) is 0 Å². The summed E-state index contributed by atoms with van der Waals surface area (Å²) in [5.74, 6) is 1.20. The maximum atomic E-state index is 6.27. The highest BCUT2D eigenvalue weighted by Gasteiger charge is 2.25. The Morgan fingerprint density at radius 1 is 1.47 bits per heavy atom. The van der Waals surface area contributed by atoms with Gasteiger partial charge in [0.15, 0.2) is 0 Å². The first kappa shape index (κ1) is 13.6. The molecule has 1 aromatic rings. The monoisotopic (exact) mass is 333 g/mol. The molecular weight excluding hydrogens is 318 g/mol. The van der Waals surface area contributed by atoms with Crippen LogP contribution in [0.3, 0.4) is 0 Å². The van der Waals surface area contributed by atoms with Crippen molar-refractivity contribution >= 4 is 45.0 Å². The second kappa shape index (κ2) is 5.85. The van der Waals surface area contributed by atoms with Crippen LogP contribution >= 0.6 is 39.3 Å². The quantitative estimate of drug-likeness (QED) is 0.729. The Kier molecular flexibility index (Phi) is 4.67. The van der Waals surface area contributed by atoms with Crippen molar-refractivity contribution in [3.63, 3.8) is 0 Å². The largest absolute Gasteiger partial charge is 0.367 e. The van der Waals surface area contributed by atoms with Gasteiger partial charge in [-0.1, -0.05) is 40.5 Å². The van der Waals surface area contributed by atoms with Crippen LogP contribution in [-0.2, 0) is 5.33 Å². The SMILES string of the molecule is CC1SCCN(c2ccc(CBr)c(Cl)c2)C1C. The number of halogens is 2. The van der Waals surface area contributed by atoms with Gasteiger partial charge in [-0.25, -0.2) is 0 Å². The fourth-order valence-electron chi connectivity index (χ4n) is 2.12. The van der Waals surface area contributed by atoms with Crippen molar-refractivity contribution in [3.05, 3.63) is 28.8 Å². The molecule has 4 heteroatoms. The molecule has 2 unspecified atom stereocenters. The highest BCUT2D eigenvalue weighted by molar-refractivity contribution is 9.08. The topological polar surface area (TPSA) is 3.24 Å². The van der Waals surface area contributed by atoms with Crippen LogP contribution in [0.2, 0.25) is 5.02 Å². The minimum absolute atomic E-state index is 0.569. The molecule has 0 aromatic heterocycles. The summed E-state index contributed by atoms with van der Waals surface area (Å²) in [5, 5.41) is 2.35. The van der Waals surface area contributed by atoms with Gasteiger partial charge in [0.1, 0.15) is 0 Å². The van der Waals surface area contributed by atoms with E-state index >= 15 is 0 Å². The first-order chi connectivity index (χ1) is 8.13. The number of anilines is 1. The Morgan fingerprint density at radius 2 is 2.24 bits per heavy atom. The molecule has 0 bridgehead atoms. The Morgan fingerprint density at radius 3 is 2.88 bits per heavy atom. The number of alkyl halides is 1. The van der Waals surface area contributed by atoms with Crippen LogP contribution in [0.15, 0.2) is 18.2 Å². The number of hydrogen-bond donors (Lipinski definition) is 0. The Labute approximate surface area is 121 Å². The summed E-state index contributed by atoms with van der Waals surface area (Å²) in [4.78, 5) is 2.46. The summed E-state index contributed by atoms with van der Waals surface area (Å²) in [6.45, 7) is 5.71. The predicted molar refractivity (Wildman–Crippen MR) is 82.8 cm³/mol. The summed E-state index contributed by atoms with van der Waals surface area (Å²) in [6, 6.07) is 6.96. The summed E-state index contributed by atoms with van der Waals surface area (Å²) in [6.07, 6.45) is 0. The minimum atomic E-state index is 0.569. The molecule has 1 aliphatic heterocycles. The molecule has 0 saturated carbocycles. The standard InChI is InChI=1S/C13H17BrClNS/c1-9-10(2)17-6-5-16(9)12-4-3-11(8-14)13(15)7-12/h3-4,7,9-10H,5-6,8H2,1-2H3. The van der Waals surface area contributed by atoms with Crippen LogP contribution in [-0.4, -0.2) is 23.6 Å². The van der Waals surface area contributed by atoms with Crippen LogP contribution in [0.4, 0.5) is 5.69 Å². The van der Waals surface area contributed by atoms with Gasteiger partial charge in [-0.3, -0.25) is 0 Å². The molecule has 1 saturated heterocycles. The normalized spacial score (nSPS) is 25.1. The molecule has 0 spiro atoms. The number of thioether (sulfide) groups is 1. The Bertz CT molecular complexity index is 399. The van der Waals surface area contributed by atoms with E-state index in [4.69, 9.17) is 11.6 Å². The third-order valence-electron chi connectivity index (χ3n) is 3.40. The Balaban J connectivity index is 2.24. The minimum Gasteiger partial charge on any atom is -0.367 e. The summed E-state index contributed by atoms with van der Waals surface area (Å²) in [7, 11) is 0. The van der Waals surface area contributed by atoms with Crippen molar-refractivity contribution in [2.45, 2.75) is 30.5 Å². The molecule has 2 atom stereocenters. The smallest absolute Gasteiger partial charge is 0.0467 e. The molecule has 17 heavy (non-hydrogen) atoms. The fourth-order valence-corrected chi connectivity index (χ4v) is 4.11. The van der Waals surface area contributed by atoms with Crippen molar-refractivity contribution in [1.82, 2.24) is 0 Å². The highest BCUT2D eigenvalue weighted by atomic mass is 79.9. The van der Waals surface area contributed by atoms with E-state index < -0.39 is 0 Å². The maximum absolute atomic E-state index is 6.27. The fraction of sp³-hybridized carbons (Fsp3) is 0.538. The first-order valence-corrected chi connectivity index (χ1v) is 8.41. The van der Waals surface area contributed by atoms with Gasteiger partial charge in [-0.05, 0) is 24.6 Å². The zero-order valence-electron chi connectivity index (χ0n) is 10.1. The lowest BCUT2D eigenvalue weighted by Gasteiger charge is -2.39. The van der Waals surface area contributed by atoms with E-state index in [1.807, 2.05) is 0 Å². The molecule has 0 N–H and O–H groups in total. The van der Waals surface area contributed by atoms with Gasteiger partial charge in [-0.2, -0.15) is 11.8 Å². The van der Waals surface area contributed by atoms with E-state index in [0.717, 1.165) is 22.5 Å². The maximum Gasteiger partial charge on any atom is 0.0467 e. The van der Waals surface area contributed by atoms with Crippen LogP contribution in [0.25, 0.3) is 0 Å².